The molecule has 1 unspecified atom stereocenters. The first-order chi connectivity index (χ1) is 14.5. The number of esters is 1. The molecule has 10 nitrogen and oxygen atoms in total. The van der Waals surface area contributed by atoms with E-state index >= 15 is 0 Å². The van der Waals surface area contributed by atoms with Crippen LogP contribution in [0.1, 0.15) is 53.9 Å². The Kier molecular flexibility index (Phi) is 8.31. The van der Waals surface area contributed by atoms with Gasteiger partial charge in [0.1, 0.15) is 12.2 Å². The Hall–Kier alpha value is -0.850. The summed E-state index contributed by atoms with van der Waals surface area (Å²) in [6.07, 6.45) is -6.73. The van der Waals surface area contributed by atoms with Gasteiger partial charge in [-0.1, -0.05) is 0 Å². The van der Waals surface area contributed by atoms with E-state index in [4.69, 9.17) is 28.4 Å². The van der Waals surface area contributed by atoms with Gasteiger partial charge >= 0.3 is 5.97 Å². The van der Waals surface area contributed by atoms with Crippen LogP contribution in [-0.4, -0.2) is 94.9 Å². The van der Waals surface area contributed by atoms with Crippen LogP contribution in [-0.2, 0) is 33.2 Å². The van der Waals surface area contributed by atoms with Gasteiger partial charge in [0.15, 0.2) is 18.7 Å². The van der Waals surface area contributed by atoms with Crippen LogP contribution in [0.5, 0.6) is 0 Å². The van der Waals surface area contributed by atoms with Crippen molar-refractivity contribution in [1.29, 1.82) is 0 Å². The molecule has 3 aliphatic rings. The normalized spacial score (nSPS) is 48.9. The van der Waals surface area contributed by atoms with Gasteiger partial charge in [0.05, 0.1) is 42.7 Å². The van der Waals surface area contributed by atoms with Crippen molar-refractivity contribution >= 4 is 5.97 Å². The Morgan fingerprint density at radius 2 is 1.13 bits per heavy atom. The van der Waals surface area contributed by atoms with Crippen molar-refractivity contribution in [3.63, 3.8) is 0 Å². The second kappa shape index (κ2) is 10.4. The Labute approximate surface area is 182 Å². The highest BCUT2D eigenvalue weighted by Crippen LogP contribution is 2.31. The zero-order chi connectivity index (χ0) is 22.9. The van der Waals surface area contributed by atoms with Gasteiger partial charge in [-0.25, -0.2) is 0 Å². The van der Waals surface area contributed by atoms with Crippen molar-refractivity contribution in [2.45, 2.75) is 128 Å². The second-order valence-electron chi connectivity index (χ2n) is 8.88. The molecule has 3 rings (SSSR count). The fourth-order valence-corrected chi connectivity index (χ4v) is 4.61. The monoisotopic (exact) mass is 448 g/mol. The van der Waals surface area contributed by atoms with E-state index in [0.717, 1.165) is 0 Å². The number of rotatable bonds is 5. The van der Waals surface area contributed by atoms with Crippen molar-refractivity contribution in [2.75, 3.05) is 0 Å². The summed E-state index contributed by atoms with van der Waals surface area (Å²) in [5.74, 6) is -0.494. The van der Waals surface area contributed by atoms with Crippen LogP contribution < -0.4 is 0 Å². The molecular weight excluding hydrogens is 412 g/mol. The summed E-state index contributed by atoms with van der Waals surface area (Å²) in [7, 11) is 0. The van der Waals surface area contributed by atoms with Gasteiger partial charge < -0.3 is 43.7 Å². The molecule has 3 N–H and O–H groups in total. The summed E-state index contributed by atoms with van der Waals surface area (Å²) in [6, 6.07) is 0. The highest BCUT2D eigenvalue weighted by atomic mass is 16.7. The number of aliphatic hydroxyl groups excluding tert-OH is 3. The Morgan fingerprint density at radius 1 is 0.710 bits per heavy atom. The molecule has 0 aliphatic carbocycles. The third kappa shape index (κ3) is 6.14. The van der Waals surface area contributed by atoms with Gasteiger partial charge in [0.25, 0.3) is 0 Å². The number of aliphatic hydroxyl groups is 3. The standard InChI is InChI=1S/C21H36O10/c1-9-6-14(23)20(10(2)26-9)30-18-8-16(25)21(12(4)28-18)31-17-7-15(24)19(11(3)27-17)29-13(5)22/h9-12,14-21,23-25H,6-8H2,1-5H3/t9?,10-,11-,12-,14+,15+,16+,17+,18-,19-,20-,21-/m1/s1. The van der Waals surface area contributed by atoms with Gasteiger partial charge in [-0.2, -0.15) is 0 Å². The fraction of sp³-hybridized carbons (Fsp3) is 0.952. The smallest absolute Gasteiger partial charge is 0.303 e. The molecule has 0 aromatic carbocycles. The van der Waals surface area contributed by atoms with E-state index in [0.29, 0.717) is 6.42 Å². The molecular formula is C21H36O10. The zero-order valence-corrected chi connectivity index (χ0v) is 18.7. The van der Waals surface area contributed by atoms with Gasteiger partial charge in [0.2, 0.25) is 0 Å². The molecule has 3 fully saturated rings. The first kappa shape index (κ1) is 24.8. The average Bonchev–Trinajstić information content (AvgIpc) is 2.64. The lowest BCUT2D eigenvalue weighted by Gasteiger charge is -2.44. The van der Waals surface area contributed by atoms with E-state index in [9.17, 15) is 20.1 Å². The lowest BCUT2D eigenvalue weighted by Crippen LogP contribution is -2.56. The first-order valence-electron chi connectivity index (χ1n) is 11.0. The van der Waals surface area contributed by atoms with Crippen LogP contribution in [0.3, 0.4) is 0 Å². The predicted molar refractivity (Wildman–Crippen MR) is 106 cm³/mol. The van der Waals surface area contributed by atoms with Crippen molar-refractivity contribution in [3.05, 3.63) is 0 Å². The lowest BCUT2D eigenvalue weighted by molar-refractivity contribution is -0.326. The largest absolute Gasteiger partial charge is 0.457 e. The van der Waals surface area contributed by atoms with Gasteiger partial charge in [-0.3, -0.25) is 4.79 Å². The van der Waals surface area contributed by atoms with Crippen molar-refractivity contribution < 1.29 is 48.5 Å². The van der Waals surface area contributed by atoms with Gasteiger partial charge in [0, 0.05) is 26.2 Å². The molecule has 0 spiro atoms. The topological polar surface area (TPSA) is 133 Å². The van der Waals surface area contributed by atoms with Crippen LogP contribution in [0.15, 0.2) is 0 Å². The van der Waals surface area contributed by atoms with Crippen LogP contribution >= 0.6 is 0 Å². The Balaban J connectivity index is 1.53. The number of carbonyl (C=O) groups excluding carboxylic acids is 1. The molecule has 3 saturated heterocycles. The third-order valence-corrected chi connectivity index (χ3v) is 6.07. The van der Waals surface area contributed by atoms with E-state index in [1.807, 2.05) is 13.8 Å². The zero-order valence-electron chi connectivity index (χ0n) is 18.7. The number of hydrogen-bond donors (Lipinski definition) is 3. The fourth-order valence-electron chi connectivity index (χ4n) is 4.61. The molecule has 3 heterocycles. The minimum absolute atomic E-state index is 0.0481. The van der Waals surface area contributed by atoms with Crippen LogP contribution in [0, 0.1) is 0 Å². The first-order valence-corrected chi connectivity index (χ1v) is 11.0. The van der Waals surface area contributed by atoms with E-state index in [1.165, 1.54) is 6.92 Å². The maximum Gasteiger partial charge on any atom is 0.303 e. The molecule has 0 aromatic rings. The van der Waals surface area contributed by atoms with Crippen LogP contribution in [0.4, 0.5) is 0 Å². The predicted octanol–water partition coefficient (Wildman–Crippen LogP) is 0.238. The Morgan fingerprint density at radius 3 is 1.55 bits per heavy atom. The van der Waals surface area contributed by atoms with Crippen molar-refractivity contribution in [2.24, 2.45) is 0 Å². The molecule has 0 aromatic heterocycles. The number of hydrogen-bond acceptors (Lipinski definition) is 10. The van der Waals surface area contributed by atoms with E-state index < -0.39 is 67.4 Å². The Bertz CT molecular complexity index is 567. The molecule has 3 aliphatic heterocycles. The summed E-state index contributed by atoms with van der Waals surface area (Å²) < 4.78 is 34.4. The molecule has 0 amide bonds. The maximum atomic E-state index is 11.2. The van der Waals surface area contributed by atoms with E-state index in [1.54, 1.807) is 13.8 Å². The van der Waals surface area contributed by atoms with Gasteiger partial charge in [-0.15, -0.1) is 0 Å². The molecule has 0 bridgehead atoms. The van der Waals surface area contributed by atoms with E-state index in [-0.39, 0.29) is 25.0 Å². The third-order valence-electron chi connectivity index (χ3n) is 6.07. The SMILES string of the molecule is CC(=O)O[C@H]1[C@@H](O)C[C@H](O[C@H]2[C@@H](O)C[C@@H](O[C@H]3[C@@H](O)CC(C)O[C@@H]3C)O[C@@H]2C)O[C@@H]1C. The summed E-state index contributed by atoms with van der Waals surface area (Å²) >= 11 is 0. The summed E-state index contributed by atoms with van der Waals surface area (Å²) in [6.45, 7) is 8.46. The molecule has 10 heteroatoms. The molecule has 31 heavy (non-hydrogen) atoms. The highest BCUT2D eigenvalue weighted by Gasteiger charge is 2.45. The van der Waals surface area contributed by atoms with Crippen LogP contribution in [0.25, 0.3) is 0 Å². The van der Waals surface area contributed by atoms with Crippen molar-refractivity contribution in [1.82, 2.24) is 0 Å². The van der Waals surface area contributed by atoms with Crippen LogP contribution in [0.2, 0.25) is 0 Å². The minimum atomic E-state index is -0.942. The highest BCUT2D eigenvalue weighted by molar-refractivity contribution is 5.66. The summed E-state index contributed by atoms with van der Waals surface area (Å²) in [5.41, 5.74) is 0. The molecule has 0 radical (unpaired) electrons. The summed E-state index contributed by atoms with van der Waals surface area (Å²) in [5, 5.41) is 31.4. The minimum Gasteiger partial charge on any atom is -0.457 e. The molecule has 180 valence electrons. The molecule has 0 saturated carbocycles. The average molecular weight is 449 g/mol. The van der Waals surface area contributed by atoms with Gasteiger partial charge in [-0.05, 0) is 27.7 Å². The number of carbonyl (C=O) groups is 1. The molecule has 12 atom stereocenters. The lowest BCUT2D eigenvalue weighted by atomic mass is 9.98. The van der Waals surface area contributed by atoms with E-state index in [2.05, 4.69) is 0 Å². The maximum absolute atomic E-state index is 11.2. The summed E-state index contributed by atoms with van der Waals surface area (Å²) in [4.78, 5) is 11.2. The second-order valence-corrected chi connectivity index (χ2v) is 8.88. The van der Waals surface area contributed by atoms with Crippen molar-refractivity contribution in [3.8, 4) is 0 Å². The number of ether oxygens (including phenoxy) is 6. The quantitative estimate of drug-likeness (QED) is 0.502.